The van der Waals surface area contributed by atoms with Crippen molar-refractivity contribution in [1.29, 1.82) is 0 Å². The van der Waals surface area contributed by atoms with E-state index < -0.39 is 0 Å². The summed E-state index contributed by atoms with van der Waals surface area (Å²) in [5.41, 5.74) is 6.98. The van der Waals surface area contributed by atoms with Gasteiger partial charge in [-0.15, -0.1) is 0 Å². The molecule has 1 fully saturated rings. The molecule has 2 rings (SSSR count). The molecule has 1 aliphatic rings. The van der Waals surface area contributed by atoms with E-state index in [0.29, 0.717) is 5.75 Å². The predicted molar refractivity (Wildman–Crippen MR) is 60.4 cm³/mol. The number of hydrogen-bond acceptors (Lipinski definition) is 2. The second-order valence-corrected chi connectivity index (χ2v) is 5.02. The highest BCUT2D eigenvalue weighted by molar-refractivity contribution is 9.10. The fraction of sp³-hybridized carbons (Fsp3) is 0.455. The van der Waals surface area contributed by atoms with Crippen LogP contribution < -0.4 is 5.73 Å². The Hall–Kier alpha value is -0.540. The molecule has 0 amide bonds. The summed E-state index contributed by atoms with van der Waals surface area (Å²) in [6.45, 7) is 2.01. The van der Waals surface area contributed by atoms with Crippen LogP contribution in [0.25, 0.3) is 0 Å². The minimum atomic E-state index is 0.0325. The summed E-state index contributed by atoms with van der Waals surface area (Å²) in [5, 5.41) is 9.83. The van der Waals surface area contributed by atoms with Gasteiger partial charge in [-0.05, 0) is 31.9 Å². The van der Waals surface area contributed by atoms with Crippen LogP contribution >= 0.6 is 15.9 Å². The molecule has 3 N–H and O–H groups in total. The summed E-state index contributed by atoms with van der Waals surface area (Å²) in [5.74, 6) is 0.356. The van der Waals surface area contributed by atoms with E-state index in [1.807, 2.05) is 19.1 Å². The smallest absolute Gasteiger partial charge is 0.120 e. The third-order valence-corrected chi connectivity index (χ3v) is 3.65. The normalized spacial score (nSPS) is 20.5. The third-order valence-electron chi connectivity index (χ3n) is 3.16. The highest BCUT2D eigenvalue weighted by Gasteiger charge is 2.48. The lowest BCUT2D eigenvalue weighted by Gasteiger charge is -2.21. The maximum absolute atomic E-state index is 9.83. The average molecular weight is 256 g/mol. The van der Waals surface area contributed by atoms with Gasteiger partial charge >= 0.3 is 0 Å². The Bertz CT molecular complexity index is 358. The van der Waals surface area contributed by atoms with Gasteiger partial charge in [0.2, 0.25) is 0 Å². The fourth-order valence-corrected chi connectivity index (χ4v) is 2.38. The highest BCUT2D eigenvalue weighted by atomic mass is 79.9. The van der Waals surface area contributed by atoms with Gasteiger partial charge in [0.15, 0.2) is 0 Å². The van der Waals surface area contributed by atoms with Crippen molar-refractivity contribution in [3.63, 3.8) is 0 Å². The first-order chi connectivity index (χ1) is 6.56. The van der Waals surface area contributed by atoms with Gasteiger partial charge in [0.1, 0.15) is 5.75 Å². The molecule has 76 valence electrons. The number of phenolic OH excluding ortho intramolecular Hbond substituents is 1. The van der Waals surface area contributed by atoms with Crippen LogP contribution in [0.1, 0.15) is 25.3 Å². The Kier molecular flexibility index (Phi) is 2.32. The SMILES string of the molecule is CC(N)C1(c2ccc(Br)cc2O)CC1. The molecule has 0 aliphatic heterocycles. The van der Waals surface area contributed by atoms with E-state index >= 15 is 0 Å². The second kappa shape index (κ2) is 3.24. The van der Waals surface area contributed by atoms with Crippen LogP contribution in [0.5, 0.6) is 5.75 Å². The fourth-order valence-electron chi connectivity index (χ4n) is 2.03. The summed E-state index contributed by atoms with van der Waals surface area (Å²) in [6.07, 6.45) is 2.17. The van der Waals surface area contributed by atoms with Crippen LogP contribution in [0.15, 0.2) is 22.7 Å². The van der Waals surface area contributed by atoms with Gasteiger partial charge in [-0.25, -0.2) is 0 Å². The molecule has 1 aliphatic carbocycles. The molecule has 1 atom stereocenters. The molecule has 0 bridgehead atoms. The summed E-state index contributed by atoms with van der Waals surface area (Å²) in [6, 6.07) is 5.76. The number of nitrogens with two attached hydrogens (primary N) is 1. The molecular weight excluding hydrogens is 242 g/mol. The summed E-state index contributed by atoms with van der Waals surface area (Å²) in [4.78, 5) is 0. The molecule has 1 unspecified atom stereocenters. The van der Waals surface area contributed by atoms with Crippen molar-refractivity contribution in [1.82, 2.24) is 0 Å². The van der Waals surface area contributed by atoms with Gasteiger partial charge in [0.25, 0.3) is 0 Å². The van der Waals surface area contributed by atoms with Crippen LogP contribution in [0, 0.1) is 0 Å². The Morgan fingerprint density at radius 2 is 2.14 bits per heavy atom. The maximum atomic E-state index is 9.83. The van der Waals surface area contributed by atoms with E-state index in [2.05, 4.69) is 15.9 Å². The maximum Gasteiger partial charge on any atom is 0.120 e. The van der Waals surface area contributed by atoms with E-state index in [1.54, 1.807) is 6.07 Å². The van der Waals surface area contributed by atoms with Crippen molar-refractivity contribution in [2.45, 2.75) is 31.2 Å². The minimum absolute atomic E-state index is 0.0325. The van der Waals surface area contributed by atoms with Crippen LogP contribution in [-0.4, -0.2) is 11.1 Å². The molecule has 0 saturated heterocycles. The van der Waals surface area contributed by atoms with Gasteiger partial charge in [0, 0.05) is 21.5 Å². The van der Waals surface area contributed by atoms with Crippen LogP contribution in [0.2, 0.25) is 0 Å². The first kappa shape index (κ1) is 9.99. The van der Waals surface area contributed by atoms with Crippen LogP contribution in [0.3, 0.4) is 0 Å². The van der Waals surface area contributed by atoms with Gasteiger partial charge < -0.3 is 10.8 Å². The topological polar surface area (TPSA) is 46.2 Å². The number of hydrogen-bond donors (Lipinski definition) is 2. The Morgan fingerprint density at radius 3 is 2.57 bits per heavy atom. The molecule has 14 heavy (non-hydrogen) atoms. The number of benzene rings is 1. The zero-order chi connectivity index (χ0) is 10.3. The number of phenols is 1. The largest absolute Gasteiger partial charge is 0.508 e. The van der Waals surface area contributed by atoms with Crippen molar-refractivity contribution in [3.05, 3.63) is 28.2 Å². The molecule has 1 aromatic rings. The second-order valence-electron chi connectivity index (χ2n) is 4.11. The molecule has 0 radical (unpaired) electrons. The van der Waals surface area contributed by atoms with Gasteiger partial charge in [-0.3, -0.25) is 0 Å². The monoisotopic (exact) mass is 255 g/mol. The summed E-state index contributed by atoms with van der Waals surface area (Å²) >= 11 is 3.33. The first-order valence-corrected chi connectivity index (χ1v) is 5.60. The average Bonchev–Trinajstić information content (AvgIpc) is 2.84. The highest BCUT2D eigenvalue weighted by Crippen LogP contribution is 2.53. The Balaban J connectivity index is 2.42. The molecule has 1 aromatic carbocycles. The Labute approximate surface area is 92.3 Å². The van der Waals surface area contributed by atoms with E-state index in [1.165, 1.54) is 0 Å². The minimum Gasteiger partial charge on any atom is -0.508 e. The van der Waals surface area contributed by atoms with Crippen molar-refractivity contribution in [3.8, 4) is 5.75 Å². The van der Waals surface area contributed by atoms with Crippen LogP contribution in [0.4, 0.5) is 0 Å². The van der Waals surface area contributed by atoms with Crippen molar-refractivity contribution >= 4 is 15.9 Å². The van der Waals surface area contributed by atoms with Gasteiger partial charge in [-0.1, -0.05) is 22.0 Å². The van der Waals surface area contributed by atoms with Crippen molar-refractivity contribution in [2.24, 2.45) is 5.73 Å². The van der Waals surface area contributed by atoms with E-state index in [-0.39, 0.29) is 11.5 Å². The van der Waals surface area contributed by atoms with E-state index in [9.17, 15) is 5.11 Å². The first-order valence-electron chi connectivity index (χ1n) is 4.81. The standard InChI is InChI=1S/C11H14BrNO/c1-7(13)11(4-5-11)9-3-2-8(12)6-10(9)14/h2-3,6-7,14H,4-5,13H2,1H3. The molecule has 1 saturated carbocycles. The molecule has 3 heteroatoms. The number of halogens is 1. The lowest BCUT2D eigenvalue weighted by molar-refractivity contribution is 0.446. The molecule has 2 nitrogen and oxygen atoms in total. The Morgan fingerprint density at radius 1 is 1.50 bits per heavy atom. The van der Waals surface area contributed by atoms with E-state index in [4.69, 9.17) is 5.73 Å². The molecule has 0 heterocycles. The third kappa shape index (κ3) is 1.44. The zero-order valence-corrected chi connectivity index (χ0v) is 9.71. The molecule has 0 aromatic heterocycles. The zero-order valence-electron chi connectivity index (χ0n) is 8.13. The predicted octanol–water partition coefficient (Wildman–Crippen LogP) is 2.53. The number of aromatic hydroxyl groups is 1. The van der Waals surface area contributed by atoms with Crippen LogP contribution in [-0.2, 0) is 5.41 Å². The quantitative estimate of drug-likeness (QED) is 0.854. The van der Waals surface area contributed by atoms with Crippen molar-refractivity contribution < 1.29 is 5.11 Å². The van der Waals surface area contributed by atoms with E-state index in [0.717, 1.165) is 22.9 Å². The summed E-state index contributed by atoms with van der Waals surface area (Å²) in [7, 11) is 0. The molecular formula is C11H14BrNO. The molecule has 0 spiro atoms. The number of rotatable bonds is 2. The summed E-state index contributed by atoms with van der Waals surface area (Å²) < 4.78 is 0.902. The lowest BCUT2D eigenvalue weighted by Crippen LogP contribution is -2.31. The van der Waals surface area contributed by atoms with Gasteiger partial charge in [-0.2, -0.15) is 0 Å². The lowest BCUT2D eigenvalue weighted by atomic mass is 9.89. The van der Waals surface area contributed by atoms with Gasteiger partial charge in [0.05, 0.1) is 0 Å². The van der Waals surface area contributed by atoms with Crippen molar-refractivity contribution in [2.75, 3.05) is 0 Å².